The zero-order valence-electron chi connectivity index (χ0n) is 9.61. The number of carbonyl (C=O) groups is 2. The van der Waals surface area contributed by atoms with Gasteiger partial charge in [0.15, 0.2) is 0 Å². The summed E-state index contributed by atoms with van der Waals surface area (Å²) >= 11 is 0. The van der Waals surface area contributed by atoms with Gasteiger partial charge in [0.25, 0.3) is 0 Å². The molecule has 2 N–H and O–H groups in total. The van der Waals surface area contributed by atoms with Crippen LogP contribution in [0.25, 0.3) is 0 Å². The van der Waals surface area contributed by atoms with Crippen LogP contribution >= 0.6 is 0 Å². The third-order valence-corrected chi connectivity index (χ3v) is 2.21. The second-order valence-corrected chi connectivity index (χ2v) is 3.71. The van der Waals surface area contributed by atoms with Crippen LogP contribution in [0, 0.1) is 5.92 Å². The van der Waals surface area contributed by atoms with Crippen LogP contribution in [0.3, 0.4) is 0 Å². The number of nitrogens with one attached hydrogen (secondary N) is 1. The second kappa shape index (κ2) is 6.40. The minimum Gasteiger partial charge on any atom is -0.480 e. The van der Waals surface area contributed by atoms with Crippen molar-refractivity contribution in [3.05, 3.63) is 0 Å². The highest BCUT2D eigenvalue weighted by atomic mass is 16.5. The van der Waals surface area contributed by atoms with E-state index in [-0.39, 0.29) is 5.92 Å². The summed E-state index contributed by atoms with van der Waals surface area (Å²) in [6.07, 6.45) is 0.426. The number of methoxy groups -OCH3 is 1. The zero-order valence-corrected chi connectivity index (χ0v) is 9.61. The predicted molar refractivity (Wildman–Crippen MR) is 55.5 cm³/mol. The molecule has 0 radical (unpaired) electrons. The van der Waals surface area contributed by atoms with E-state index in [9.17, 15) is 9.59 Å². The quantitative estimate of drug-likeness (QED) is 0.638. The molecule has 0 saturated carbocycles. The monoisotopic (exact) mass is 217 g/mol. The third kappa shape index (κ3) is 4.29. The van der Waals surface area contributed by atoms with Gasteiger partial charge in [0.05, 0.1) is 7.11 Å². The minimum absolute atomic E-state index is 0.00847. The summed E-state index contributed by atoms with van der Waals surface area (Å²) in [6.45, 7) is 5.42. The topological polar surface area (TPSA) is 75.6 Å². The first-order valence-corrected chi connectivity index (χ1v) is 5.00. The van der Waals surface area contributed by atoms with Crippen molar-refractivity contribution in [3.63, 3.8) is 0 Å². The Morgan fingerprint density at radius 2 is 1.93 bits per heavy atom. The maximum atomic E-state index is 11.3. The summed E-state index contributed by atoms with van der Waals surface area (Å²) in [6, 6.07) is -1.28. The van der Waals surface area contributed by atoms with Crippen molar-refractivity contribution in [2.45, 2.75) is 39.3 Å². The molecule has 0 spiro atoms. The van der Waals surface area contributed by atoms with Crippen molar-refractivity contribution < 1.29 is 19.4 Å². The van der Waals surface area contributed by atoms with Crippen molar-refractivity contribution in [2.24, 2.45) is 5.92 Å². The lowest BCUT2D eigenvalue weighted by atomic mass is 10.0. The Balaban J connectivity index is 4.52. The Kier molecular flexibility index (Phi) is 5.93. The second-order valence-electron chi connectivity index (χ2n) is 3.71. The maximum absolute atomic E-state index is 11.3. The molecule has 15 heavy (non-hydrogen) atoms. The van der Waals surface area contributed by atoms with E-state index < -0.39 is 24.0 Å². The summed E-state index contributed by atoms with van der Waals surface area (Å²) in [5.41, 5.74) is 0. The Morgan fingerprint density at radius 3 is 2.20 bits per heavy atom. The SMILES string of the molecule is CCC(NC(C(=O)OC)C(C)C)C(=O)O. The van der Waals surface area contributed by atoms with Crippen LogP contribution in [-0.4, -0.2) is 36.2 Å². The molecule has 0 aromatic rings. The minimum atomic E-state index is -0.952. The van der Waals surface area contributed by atoms with Crippen LogP contribution in [0.4, 0.5) is 0 Å². The Morgan fingerprint density at radius 1 is 1.40 bits per heavy atom. The molecule has 5 heteroatoms. The first kappa shape index (κ1) is 13.9. The summed E-state index contributed by atoms with van der Waals surface area (Å²) in [7, 11) is 1.29. The molecule has 0 aliphatic carbocycles. The lowest BCUT2D eigenvalue weighted by molar-refractivity contribution is -0.146. The van der Waals surface area contributed by atoms with Gasteiger partial charge in [0.1, 0.15) is 12.1 Å². The van der Waals surface area contributed by atoms with Gasteiger partial charge < -0.3 is 9.84 Å². The summed E-state index contributed by atoms with van der Waals surface area (Å²) in [5.74, 6) is -1.39. The highest BCUT2D eigenvalue weighted by molar-refractivity contribution is 5.78. The lowest BCUT2D eigenvalue weighted by Gasteiger charge is -2.23. The summed E-state index contributed by atoms with van der Waals surface area (Å²) in [4.78, 5) is 22.1. The number of esters is 1. The average molecular weight is 217 g/mol. The zero-order chi connectivity index (χ0) is 12.0. The highest BCUT2D eigenvalue weighted by Gasteiger charge is 2.27. The molecule has 0 aliphatic rings. The molecule has 0 amide bonds. The van der Waals surface area contributed by atoms with Crippen LogP contribution in [0.15, 0.2) is 0 Å². The molecular formula is C10H19NO4. The molecule has 5 nitrogen and oxygen atoms in total. The Labute approximate surface area is 89.8 Å². The van der Waals surface area contributed by atoms with Crippen LogP contribution < -0.4 is 5.32 Å². The van der Waals surface area contributed by atoms with Crippen molar-refractivity contribution in [1.29, 1.82) is 0 Å². The van der Waals surface area contributed by atoms with E-state index >= 15 is 0 Å². The molecule has 0 saturated heterocycles. The van der Waals surface area contributed by atoms with Gasteiger partial charge in [-0.25, -0.2) is 0 Å². The number of hydrogen-bond acceptors (Lipinski definition) is 4. The fraction of sp³-hybridized carbons (Fsp3) is 0.800. The molecule has 0 heterocycles. The van der Waals surface area contributed by atoms with E-state index in [1.165, 1.54) is 7.11 Å². The third-order valence-electron chi connectivity index (χ3n) is 2.21. The van der Waals surface area contributed by atoms with Gasteiger partial charge in [-0.05, 0) is 12.3 Å². The molecule has 2 unspecified atom stereocenters. The first-order chi connectivity index (χ1) is 6.93. The smallest absolute Gasteiger partial charge is 0.323 e. The Hall–Kier alpha value is -1.10. The fourth-order valence-electron chi connectivity index (χ4n) is 1.24. The molecule has 0 aromatic heterocycles. The van der Waals surface area contributed by atoms with E-state index in [1.807, 2.05) is 13.8 Å². The summed E-state index contributed by atoms with van der Waals surface area (Å²) in [5, 5.41) is 11.6. The molecule has 0 aromatic carbocycles. The van der Waals surface area contributed by atoms with E-state index in [1.54, 1.807) is 6.92 Å². The number of carboxylic acid groups (broad SMARTS) is 1. The van der Waals surface area contributed by atoms with Crippen LogP contribution in [0.1, 0.15) is 27.2 Å². The van der Waals surface area contributed by atoms with Crippen molar-refractivity contribution in [3.8, 4) is 0 Å². The number of carboxylic acids is 1. The van der Waals surface area contributed by atoms with Gasteiger partial charge in [-0.15, -0.1) is 0 Å². The van der Waals surface area contributed by atoms with Gasteiger partial charge in [-0.1, -0.05) is 20.8 Å². The molecule has 0 bridgehead atoms. The summed E-state index contributed by atoms with van der Waals surface area (Å²) < 4.78 is 4.60. The van der Waals surface area contributed by atoms with E-state index in [0.717, 1.165) is 0 Å². The Bertz CT molecular complexity index is 227. The van der Waals surface area contributed by atoms with E-state index in [0.29, 0.717) is 6.42 Å². The number of hydrogen-bond donors (Lipinski definition) is 2. The van der Waals surface area contributed by atoms with Crippen LogP contribution in [0.5, 0.6) is 0 Å². The van der Waals surface area contributed by atoms with Crippen molar-refractivity contribution in [1.82, 2.24) is 5.32 Å². The predicted octanol–water partition coefficient (Wildman–Crippen LogP) is 0.637. The fourth-order valence-corrected chi connectivity index (χ4v) is 1.24. The number of ether oxygens (including phenoxy) is 1. The van der Waals surface area contributed by atoms with Gasteiger partial charge in [0.2, 0.25) is 0 Å². The first-order valence-electron chi connectivity index (χ1n) is 5.00. The molecule has 88 valence electrons. The molecule has 0 rings (SSSR count). The largest absolute Gasteiger partial charge is 0.480 e. The van der Waals surface area contributed by atoms with Gasteiger partial charge in [-0.2, -0.15) is 0 Å². The standard InChI is InChI=1S/C10H19NO4/c1-5-7(9(12)13)11-8(6(2)3)10(14)15-4/h6-8,11H,5H2,1-4H3,(H,12,13). The normalized spacial score (nSPS) is 14.7. The molecule has 2 atom stereocenters. The number of rotatable bonds is 6. The molecule has 0 aliphatic heterocycles. The van der Waals surface area contributed by atoms with Crippen LogP contribution in [-0.2, 0) is 14.3 Å². The number of carbonyl (C=O) groups excluding carboxylic acids is 1. The van der Waals surface area contributed by atoms with E-state index in [2.05, 4.69) is 10.1 Å². The highest BCUT2D eigenvalue weighted by Crippen LogP contribution is 2.06. The van der Waals surface area contributed by atoms with Crippen LogP contribution in [0.2, 0.25) is 0 Å². The molecule has 0 fully saturated rings. The van der Waals surface area contributed by atoms with Crippen molar-refractivity contribution >= 4 is 11.9 Å². The number of aliphatic carboxylic acids is 1. The van der Waals surface area contributed by atoms with Gasteiger partial charge in [-0.3, -0.25) is 14.9 Å². The van der Waals surface area contributed by atoms with Gasteiger partial charge >= 0.3 is 11.9 Å². The van der Waals surface area contributed by atoms with Gasteiger partial charge in [0, 0.05) is 0 Å². The van der Waals surface area contributed by atoms with Crippen molar-refractivity contribution in [2.75, 3.05) is 7.11 Å². The maximum Gasteiger partial charge on any atom is 0.323 e. The lowest BCUT2D eigenvalue weighted by Crippen LogP contribution is -2.49. The average Bonchev–Trinajstić information content (AvgIpc) is 2.17. The molecular weight excluding hydrogens is 198 g/mol. The van der Waals surface area contributed by atoms with E-state index in [4.69, 9.17) is 5.11 Å².